The molecule has 1 aromatic carbocycles. The number of ether oxygens (including phenoxy) is 3. The van der Waals surface area contributed by atoms with Gasteiger partial charge < -0.3 is 19.5 Å². The lowest BCUT2D eigenvalue weighted by Crippen LogP contribution is -2.45. The summed E-state index contributed by atoms with van der Waals surface area (Å²) in [5.74, 6) is 1.78. The van der Waals surface area contributed by atoms with Gasteiger partial charge in [-0.1, -0.05) is 12.1 Å². The van der Waals surface area contributed by atoms with Gasteiger partial charge in [0.2, 0.25) is 0 Å². The number of morpholine rings is 1. The fourth-order valence-electron chi connectivity index (χ4n) is 3.55. The van der Waals surface area contributed by atoms with Crippen LogP contribution in [-0.4, -0.2) is 56.5 Å². The fourth-order valence-corrected chi connectivity index (χ4v) is 3.55. The second-order valence-corrected chi connectivity index (χ2v) is 6.84. The summed E-state index contributed by atoms with van der Waals surface area (Å²) < 4.78 is 17.2. The zero-order valence-electron chi connectivity index (χ0n) is 14.9. The Balaban J connectivity index is 1.33. The van der Waals surface area contributed by atoms with Crippen molar-refractivity contribution in [2.24, 2.45) is 0 Å². The van der Waals surface area contributed by atoms with Gasteiger partial charge in [0, 0.05) is 25.2 Å². The number of fused-ring (bicyclic) bond motifs is 1. The van der Waals surface area contributed by atoms with E-state index < -0.39 is 0 Å². The summed E-state index contributed by atoms with van der Waals surface area (Å²) in [4.78, 5) is 2.53. The Morgan fingerprint density at radius 1 is 1.08 bits per heavy atom. The highest BCUT2D eigenvalue weighted by Crippen LogP contribution is 2.33. The second kappa shape index (κ2) is 8.70. The molecule has 1 N–H and O–H groups in total. The second-order valence-electron chi connectivity index (χ2n) is 6.84. The minimum atomic E-state index is 0.360. The number of unbranched alkanes of at least 4 members (excludes halogenated alkanes) is 1. The molecule has 134 valence electrons. The molecule has 24 heavy (non-hydrogen) atoms. The Morgan fingerprint density at radius 3 is 2.71 bits per heavy atom. The Morgan fingerprint density at radius 2 is 1.88 bits per heavy atom. The van der Waals surface area contributed by atoms with Crippen LogP contribution < -0.4 is 14.8 Å². The SMILES string of the molecule is CC1CN(CCCCNCc2cccc3c2OCCO3)CC(C)O1. The minimum Gasteiger partial charge on any atom is -0.486 e. The first kappa shape index (κ1) is 17.5. The monoisotopic (exact) mass is 334 g/mol. The summed E-state index contributed by atoms with van der Waals surface area (Å²) >= 11 is 0. The third-order valence-electron chi connectivity index (χ3n) is 4.54. The van der Waals surface area contributed by atoms with Gasteiger partial charge >= 0.3 is 0 Å². The summed E-state index contributed by atoms with van der Waals surface area (Å²) in [7, 11) is 0. The molecule has 2 heterocycles. The van der Waals surface area contributed by atoms with E-state index in [-0.39, 0.29) is 0 Å². The van der Waals surface area contributed by atoms with Gasteiger partial charge in [0.05, 0.1) is 12.2 Å². The molecule has 0 saturated carbocycles. The summed E-state index contributed by atoms with van der Waals surface area (Å²) in [6.45, 7) is 10.8. The molecule has 5 nitrogen and oxygen atoms in total. The Hall–Kier alpha value is -1.30. The van der Waals surface area contributed by atoms with Crippen molar-refractivity contribution in [3.8, 4) is 11.5 Å². The Kier molecular flexibility index (Phi) is 6.35. The van der Waals surface area contributed by atoms with Crippen molar-refractivity contribution >= 4 is 0 Å². The Bertz CT molecular complexity index is 513. The van der Waals surface area contributed by atoms with E-state index in [1.165, 1.54) is 18.4 Å². The van der Waals surface area contributed by atoms with Gasteiger partial charge in [-0.15, -0.1) is 0 Å². The highest BCUT2D eigenvalue weighted by atomic mass is 16.6. The molecule has 3 rings (SSSR count). The molecule has 2 aliphatic rings. The van der Waals surface area contributed by atoms with Gasteiger partial charge in [-0.05, 0) is 45.8 Å². The first-order chi connectivity index (χ1) is 11.7. The maximum absolute atomic E-state index is 5.78. The van der Waals surface area contributed by atoms with E-state index in [0.717, 1.165) is 44.2 Å². The lowest BCUT2D eigenvalue weighted by atomic mass is 10.1. The fraction of sp³-hybridized carbons (Fsp3) is 0.684. The first-order valence-corrected chi connectivity index (χ1v) is 9.18. The summed E-state index contributed by atoms with van der Waals surface area (Å²) in [5.41, 5.74) is 1.18. The highest BCUT2D eigenvalue weighted by Gasteiger charge is 2.21. The molecule has 0 spiro atoms. The van der Waals surface area contributed by atoms with Crippen molar-refractivity contribution in [3.63, 3.8) is 0 Å². The molecule has 2 aliphatic heterocycles. The van der Waals surface area contributed by atoms with E-state index in [9.17, 15) is 0 Å². The van der Waals surface area contributed by atoms with E-state index in [2.05, 4.69) is 30.1 Å². The van der Waals surface area contributed by atoms with Crippen LogP contribution in [0.2, 0.25) is 0 Å². The lowest BCUT2D eigenvalue weighted by Gasteiger charge is -2.35. The molecule has 0 aliphatic carbocycles. The third-order valence-corrected chi connectivity index (χ3v) is 4.54. The van der Waals surface area contributed by atoms with Gasteiger partial charge in [-0.25, -0.2) is 0 Å². The molecule has 1 aromatic rings. The Labute approximate surface area is 145 Å². The van der Waals surface area contributed by atoms with Gasteiger partial charge in [0.1, 0.15) is 13.2 Å². The average molecular weight is 334 g/mol. The number of nitrogens with zero attached hydrogens (tertiary/aromatic N) is 1. The van der Waals surface area contributed by atoms with Crippen molar-refractivity contribution in [3.05, 3.63) is 23.8 Å². The smallest absolute Gasteiger partial charge is 0.165 e. The molecular weight excluding hydrogens is 304 g/mol. The van der Waals surface area contributed by atoms with Crippen molar-refractivity contribution in [2.45, 2.75) is 45.4 Å². The van der Waals surface area contributed by atoms with Gasteiger partial charge in [0.25, 0.3) is 0 Å². The number of nitrogens with one attached hydrogen (secondary N) is 1. The number of hydrogen-bond acceptors (Lipinski definition) is 5. The number of benzene rings is 1. The highest BCUT2D eigenvalue weighted by molar-refractivity contribution is 5.47. The van der Waals surface area contributed by atoms with Crippen LogP contribution in [0, 0.1) is 0 Å². The molecule has 1 fully saturated rings. The quantitative estimate of drug-likeness (QED) is 0.776. The van der Waals surface area contributed by atoms with Crippen LogP contribution in [0.4, 0.5) is 0 Å². The normalized spacial score (nSPS) is 24.1. The maximum Gasteiger partial charge on any atom is 0.165 e. The van der Waals surface area contributed by atoms with Crippen LogP contribution in [0.3, 0.4) is 0 Å². The molecule has 2 atom stereocenters. The topological polar surface area (TPSA) is 43.0 Å². The zero-order chi connectivity index (χ0) is 16.8. The summed E-state index contributed by atoms with van der Waals surface area (Å²) in [6.07, 6.45) is 3.13. The van der Waals surface area contributed by atoms with Gasteiger partial charge in [-0.2, -0.15) is 0 Å². The predicted molar refractivity (Wildman–Crippen MR) is 94.8 cm³/mol. The summed E-state index contributed by atoms with van der Waals surface area (Å²) in [5, 5.41) is 3.53. The molecule has 1 saturated heterocycles. The van der Waals surface area contributed by atoms with E-state index in [1.54, 1.807) is 0 Å². The predicted octanol–water partition coefficient (Wildman–Crippen LogP) is 2.44. The number of para-hydroxylation sites is 1. The van der Waals surface area contributed by atoms with Crippen LogP contribution in [-0.2, 0) is 11.3 Å². The zero-order valence-corrected chi connectivity index (χ0v) is 14.9. The van der Waals surface area contributed by atoms with E-state index in [0.29, 0.717) is 25.4 Å². The first-order valence-electron chi connectivity index (χ1n) is 9.18. The van der Waals surface area contributed by atoms with Crippen LogP contribution in [0.1, 0.15) is 32.3 Å². The van der Waals surface area contributed by atoms with Crippen molar-refractivity contribution in [1.29, 1.82) is 0 Å². The van der Waals surface area contributed by atoms with E-state index in [1.807, 2.05) is 12.1 Å². The maximum atomic E-state index is 5.78. The van der Waals surface area contributed by atoms with Crippen molar-refractivity contribution in [2.75, 3.05) is 39.4 Å². The van der Waals surface area contributed by atoms with Crippen LogP contribution in [0.5, 0.6) is 11.5 Å². The lowest BCUT2D eigenvalue weighted by molar-refractivity contribution is -0.0681. The largest absolute Gasteiger partial charge is 0.486 e. The molecule has 0 amide bonds. The summed E-state index contributed by atoms with van der Waals surface area (Å²) in [6, 6.07) is 6.12. The molecular formula is C19H30N2O3. The average Bonchev–Trinajstić information content (AvgIpc) is 2.57. The molecule has 5 heteroatoms. The van der Waals surface area contributed by atoms with Gasteiger partial charge in [0.15, 0.2) is 11.5 Å². The number of hydrogen-bond donors (Lipinski definition) is 1. The van der Waals surface area contributed by atoms with Crippen LogP contribution in [0.25, 0.3) is 0 Å². The van der Waals surface area contributed by atoms with Crippen LogP contribution >= 0.6 is 0 Å². The third kappa shape index (κ3) is 4.85. The standard InChI is InChI=1S/C19H30N2O3/c1-15-13-21(14-16(2)24-15)9-4-3-8-20-12-17-6-5-7-18-19(17)23-11-10-22-18/h5-7,15-16,20H,3-4,8-14H2,1-2H3. The number of rotatable bonds is 7. The molecule has 2 unspecified atom stereocenters. The van der Waals surface area contributed by atoms with E-state index in [4.69, 9.17) is 14.2 Å². The van der Waals surface area contributed by atoms with Crippen molar-refractivity contribution in [1.82, 2.24) is 10.2 Å². The minimum absolute atomic E-state index is 0.360. The molecule has 0 radical (unpaired) electrons. The molecule has 0 aromatic heterocycles. The van der Waals surface area contributed by atoms with E-state index >= 15 is 0 Å². The van der Waals surface area contributed by atoms with Crippen molar-refractivity contribution < 1.29 is 14.2 Å². The van der Waals surface area contributed by atoms with Crippen LogP contribution in [0.15, 0.2) is 18.2 Å². The molecule has 0 bridgehead atoms. The van der Waals surface area contributed by atoms with Gasteiger partial charge in [-0.3, -0.25) is 4.90 Å².